The van der Waals surface area contributed by atoms with Crippen LogP contribution < -0.4 is 5.32 Å². The van der Waals surface area contributed by atoms with Crippen LogP contribution in [0.15, 0.2) is 18.6 Å². The summed E-state index contributed by atoms with van der Waals surface area (Å²) in [6, 6.07) is 0. The summed E-state index contributed by atoms with van der Waals surface area (Å²) in [5.74, 6) is 0.819. The van der Waals surface area contributed by atoms with Crippen molar-refractivity contribution < 1.29 is 4.74 Å². The third-order valence-electron chi connectivity index (χ3n) is 1.54. The van der Waals surface area contributed by atoms with E-state index in [9.17, 15) is 0 Å². The molecule has 4 heteroatoms. The first-order valence-electron chi connectivity index (χ1n) is 4.51. The van der Waals surface area contributed by atoms with Crippen molar-refractivity contribution >= 4 is 5.82 Å². The average molecular weight is 181 g/mol. The summed E-state index contributed by atoms with van der Waals surface area (Å²) in [5.41, 5.74) is 0. The molecular formula is C9H15N3O. The predicted molar refractivity (Wildman–Crippen MR) is 51.6 cm³/mol. The molecule has 1 heterocycles. The Kier molecular flexibility index (Phi) is 4.86. The first-order chi connectivity index (χ1) is 6.43. The maximum Gasteiger partial charge on any atom is 0.144 e. The maximum absolute atomic E-state index is 5.20. The molecule has 13 heavy (non-hydrogen) atoms. The number of hydrogen-bond donors (Lipinski definition) is 1. The molecule has 0 radical (unpaired) electrons. The lowest BCUT2D eigenvalue weighted by Gasteiger charge is -2.03. The molecule has 72 valence electrons. The van der Waals surface area contributed by atoms with E-state index in [1.165, 1.54) is 0 Å². The van der Waals surface area contributed by atoms with Crippen LogP contribution in [0.3, 0.4) is 0 Å². The van der Waals surface area contributed by atoms with Crippen LogP contribution in [0.5, 0.6) is 0 Å². The van der Waals surface area contributed by atoms with Crippen molar-refractivity contribution in [2.24, 2.45) is 0 Å². The SMILES string of the molecule is CCOCCCNc1cnccn1. The summed E-state index contributed by atoms with van der Waals surface area (Å²) in [4.78, 5) is 8.03. The van der Waals surface area contributed by atoms with E-state index in [0.29, 0.717) is 0 Å². The Balaban J connectivity index is 2.07. The van der Waals surface area contributed by atoms with Gasteiger partial charge in [-0.3, -0.25) is 4.98 Å². The third-order valence-corrected chi connectivity index (χ3v) is 1.54. The van der Waals surface area contributed by atoms with E-state index in [1.54, 1.807) is 18.6 Å². The van der Waals surface area contributed by atoms with Gasteiger partial charge >= 0.3 is 0 Å². The fraction of sp³-hybridized carbons (Fsp3) is 0.556. The molecule has 0 saturated carbocycles. The van der Waals surface area contributed by atoms with Gasteiger partial charge in [-0.05, 0) is 13.3 Å². The number of aromatic nitrogens is 2. The van der Waals surface area contributed by atoms with Crippen molar-refractivity contribution in [2.45, 2.75) is 13.3 Å². The van der Waals surface area contributed by atoms with Gasteiger partial charge in [-0.25, -0.2) is 4.98 Å². The molecule has 0 unspecified atom stereocenters. The van der Waals surface area contributed by atoms with Crippen LogP contribution in [0.2, 0.25) is 0 Å². The first-order valence-corrected chi connectivity index (χ1v) is 4.51. The molecule has 0 atom stereocenters. The van der Waals surface area contributed by atoms with E-state index in [2.05, 4.69) is 15.3 Å². The van der Waals surface area contributed by atoms with Gasteiger partial charge in [-0.1, -0.05) is 0 Å². The molecule has 1 aromatic heterocycles. The summed E-state index contributed by atoms with van der Waals surface area (Å²) in [6.45, 7) is 4.45. The molecule has 0 bridgehead atoms. The van der Waals surface area contributed by atoms with Crippen molar-refractivity contribution in [3.63, 3.8) is 0 Å². The van der Waals surface area contributed by atoms with Crippen molar-refractivity contribution in [1.29, 1.82) is 0 Å². The predicted octanol–water partition coefficient (Wildman–Crippen LogP) is 1.32. The van der Waals surface area contributed by atoms with Crippen LogP contribution in [0, 0.1) is 0 Å². The second kappa shape index (κ2) is 6.37. The van der Waals surface area contributed by atoms with Gasteiger partial charge in [0.1, 0.15) is 5.82 Å². The smallest absolute Gasteiger partial charge is 0.144 e. The molecular weight excluding hydrogens is 166 g/mol. The summed E-state index contributed by atoms with van der Waals surface area (Å²) in [6.07, 6.45) is 6.03. The highest BCUT2D eigenvalue weighted by atomic mass is 16.5. The minimum absolute atomic E-state index is 0.783. The van der Waals surface area contributed by atoms with Gasteiger partial charge in [0.2, 0.25) is 0 Å². The molecule has 0 aromatic carbocycles. The lowest BCUT2D eigenvalue weighted by atomic mass is 10.4. The Morgan fingerprint density at radius 2 is 2.38 bits per heavy atom. The first kappa shape index (κ1) is 9.92. The van der Waals surface area contributed by atoms with Gasteiger partial charge in [0.05, 0.1) is 6.20 Å². The molecule has 4 nitrogen and oxygen atoms in total. The molecule has 0 fully saturated rings. The minimum atomic E-state index is 0.783. The van der Waals surface area contributed by atoms with E-state index in [0.717, 1.165) is 32.0 Å². The van der Waals surface area contributed by atoms with Crippen molar-refractivity contribution in [1.82, 2.24) is 9.97 Å². The van der Waals surface area contributed by atoms with E-state index >= 15 is 0 Å². The van der Waals surface area contributed by atoms with E-state index in [-0.39, 0.29) is 0 Å². The molecule has 0 aliphatic heterocycles. The number of rotatable bonds is 6. The maximum atomic E-state index is 5.20. The van der Waals surface area contributed by atoms with Gasteiger partial charge < -0.3 is 10.1 Å². The van der Waals surface area contributed by atoms with Crippen molar-refractivity contribution in [3.05, 3.63) is 18.6 Å². The van der Waals surface area contributed by atoms with Crippen LogP contribution in [0.1, 0.15) is 13.3 Å². The Hall–Kier alpha value is -1.16. The largest absolute Gasteiger partial charge is 0.382 e. The zero-order valence-corrected chi connectivity index (χ0v) is 7.86. The van der Waals surface area contributed by atoms with Crippen LogP contribution in [-0.2, 0) is 4.74 Å². The molecule has 0 aliphatic rings. The second-order valence-electron chi connectivity index (χ2n) is 2.57. The molecule has 1 aromatic rings. The number of nitrogens with zero attached hydrogens (tertiary/aromatic N) is 2. The molecule has 0 amide bonds. The van der Waals surface area contributed by atoms with Gasteiger partial charge in [0.25, 0.3) is 0 Å². The van der Waals surface area contributed by atoms with Gasteiger partial charge in [-0.2, -0.15) is 0 Å². The fourth-order valence-electron chi connectivity index (χ4n) is 0.925. The normalized spacial score (nSPS) is 9.92. The third kappa shape index (κ3) is 4.42. The van der Waals surface area contributed by atoms with Crippen molar-refractivity contribution in [3.8, 4) is 0 Å². The lowest BCUT2D eigenvalue weighted by Crippen LogP contribution is -2.06. The lowest BCUT2D eigenvalue weighted by molar-refractivity contribution is 0.147. The fourth-order valence-corrected chi connectivity index (χ4v) is 0.925. The number of nitrogens with one attached hydrogen (secondary N) is 1. The van der Waals surface area contributed by atoms with E-state index in [4.69, 9.17) is 4.74 Å². The van der Waals surface area contributed by atoms with Gasteiger partial charge in [0, 0.05) is 32.2 Å². The van der Waals surface area contributed by atoms with Crippen LogP contribution >= 0.6 is 0 Å². The number of anilines is 1. The molecule has 0 aliphatic carbocycles. The summed E-state index contributed by atoms with van der Waals surface area (Å²) in [5, 5.41) is 3.15. The van der Waals surface area contributed by atoms with Gasteiger partial charge in [-0.15, -0.1) is 0 Å². The van der Waals surface area contributed by atoms with Crippen LogP contribution in [0.4, 0.5) is 5.82 Å². The summed E-state index contributed by atoms with van der Waals surface area (Å²) >= 11 is 0. The van der Waals surface area contributed by atoms with Crippen LogP contribution in [0.25, 0.3) is 0 Å². The molecule has 0 saturated heterocycles. The number of hydrogen-bond acceptors (Lipinski definition) is 4. The average Bonchev–Trinajstić information content (AvgIpc) is 2.19. The van der Waals surface area contributed by atoms with E-state index < -0.39 is 0 Å². The molecule has 1 N–H and O–H groups in total. The quantitative estimate of drug-likeness (QED) is 0.672. The zero-order chi connectivity index (χ0) is 9.36. The Morgan fingerprint density at radius 1 is 1.46 bits per heavy atom. The summed E-state index contributed by atoms with van der Waals surface area (Å²) < 4.78 is 5.20. The number of ether oxygens (including phenoxy) is 1. The summed E-state index contributed by atoms with van der Waals surface area (Å²) in [7, 11) is 0. The highest BCUT2D eigenvalue weighted by molar-refractivity contribution is 5.29. The van der Waals surface area contributed by atoms with Crippen LogP contribution in [-0.4, -0.2) is 29.7 Å². The monoisotopic (exact) mass is 181 g/mol. The highest BCUT2D eigenvalue weighted by Crippen LogP contribution is 1.96. The standard InChI is InChI=1S/C9H15N3O/c1-2-13-7-3-4-11-9-8-10-5-6-12-9/h5-6,8H,2-4,7H2,1H3,(H,11,12). The second-order valence-corrected chi connectivity index (χ2v) is 2.57. The Morgan fingerprint density at radius 3 is 3.08 bits per heavy atom. The Bertz CT molecular complexity index is 215. The molecule has 1 rings (SSSR count). The topological polar surface area (TPSA) is 47.0 Å². The van der Waals surface area contributed by atoms with Crippen molar-refractivity contribution in [2.75, 3.05) is 25.1 Å². The highest BCUT2D eigenvalue weighted by Gasteiger charge is 1.90. The minimum Gasteiger partial charge on any atom is -0.382 e. The van der Waals surface area contributed by atoms with Gasteiger partial charge in [0.15, 0.2) is 0 Å². The van der Waals surface area contributed by atoms with E-state index in [1.807, 2.05) is 6.92 Å². The zero-order valence-electron chi connectivity index (χ0n) is 7.86. The molecule has 0 spiro atoms. The Labute approximate surface area is 78.4 Å².